The summed E-state index contributed by atoms with van der Waals surface area (Å²) in [6.45, 7) is 7.91. The van der Waals surface area contributed by atoms with E-state index >= 15 is 0 Å². The van der Waals surface area contributed by atoms with Gasteiger partial charge in [0.15, 0.2) is 11.4 Å². The number of carbonyl (C=O) groups excluding carboxylic acids is 2. The van der Waals surface area contributed by atoms with Crippen LogP contribution < -0.4 is 4.90 Å². The fourth-order valence-corrected chi connectivity index (χ4v) is 6.68. The molecule has 0 amide bonds. The number of phenols is 1. The maximum absolute atomic E-state index is 14.0. The third-order valence-electron chi connectivity index (χ3n) is 8.63. The van der Waals surface area contributed by atoms with Crippen LogP contribution in [0.2, 0.25) is 0 Å². The van der Waals surface area contributed by atoms with Crippen molar-refractivity contribution >= 4 is 23.0 Å². The first kappa shape index (κ1) is 28.2. The Bertz CT molecular complexity index is 1250. The van der Waals surface area contributed by atoms with Crippen LogP contribution in [0, 0.1) is 17.3 Å². The molecular formula is C30H42N2O6. The molecule has 4 rings (SSSR count). The van der Waals surface area contributed by atoms with Crippen molar-refractivity contribution in [2.24, 2.45) is 17.3 Å². The van der Waals surface area contributed by atoms with Gasteiger partial charge < -0.3 is 25.3 Å². The Kier molecular flexibility index (Phi) is 6.98. The van der Waals surface area contributed by atoms with Crippen molar-refractivity contribution in [3.63, 3.8) is 0 Å². The van der Waals surface area contributed by atoms with Crippen LogP contribution >= 0.6 is 0 Å². The third kappa shape index (κ3) is 4.22. The van der Waals surface area contributed by atoms with Crippen LogP contribution in [-0.2, 0) is 22.4 Å². The largest absolute Gasteiger partial charge is 0.508 e. The number of nitrogens with zero attached hydrogens (tertiary/aromatic N) is 2. The van der Waals surface area contributed by atoms with Gasteiger partial charge in [-0.15, -0.1) is 0 Å². The van der Waals surface area contributed by atoms with E-state index < -0.39 is 35.0 Å². The van der Waals surface area contributed by atoms with Gasteiger partial charge in [-0.3, -0.25) is 14.5 Å². The van der Waals surface area contributed by atoms with Gasteiger partial charge in [0.2, 0.25) is 5.78 Å². The molecule has 0 spiro atoms. The average molecular weight is 527 g/mol. The minimum absolute atomic E-state index is 0.00861. The molecule has 4 atom stereocenters. The summed E-state index contributed by atoms with van der Waals surface area (Å²) >= 11 is 0. The summed E-state index contributed by atoms with van der Waals surface area (Å²) in [5.41, 5.74) is 0.274. The SMILES string of the molecule is CC1=C(O)[C@@]2(O)C(=O)C3=C(O)c4c(O)c(CCCC(C)(C)C)cc(N(C)C)c4C[C@H]3C[C@H]2[C@H](N(C)C)C1=O. The van der Waals surface area contributed by atoms with E-state index in [1.165, 1.54) is 6.92 Å². The van der Waals surface area contributed by atoms with E-state index in [1.54, 1.807) is 19.0 Å². The molecule has 0 aromatic heterocycles. The van der Waals surface area contributed by atoms with Gasteiger partial charge in [0.05, 0.1) is 11.6 Å². The highest BCUT2D eigenvalue weighted by Gasteiger charge is 2.63. The van der Waals surface area contributed by atoms with Gasteiger partial charge >= 0.3 is 0 Å². The highest BCUT2D eigenvalue weighted by molar-refractivity contribution is 6.14. The van der Waals surface area contributed by atoms with Gasteiger partial charge in [0.25, 0.3) is 0 Å². The number of aryl methyl sites for hydroxylation is 1. The van der Waals surface area contributed by atoms with Crippen LogP contribution in [-0.4, -0.2) is 76.7 Å². The predicted molar refractivity (Wildman–Crippen MR) is 147 cm³/mol. The molecule has 3 aliphatic carbocycles. The molecule has 1 aromatic rings. The molecule has 0 heterocycles. The second-order valence-electron chi connectivity index (χ2n) is 12.9. The summed E-state index contributed by atoms with van der Waals surface area (Å²) in [5.74, 6) is -3.53. The van der Waals surface area contributed by atoms with Crippen LogP contribution in [0.5, 0.6) is 5.75 Å². The van der Waals surface area contributed by atoms with Crippen LogP contribution in [0.4, 0.5) is 5.69 Å². The second-order valence-corrected chi connectivity index (χ2v) is 12.9. The van der Waals surface area contributed by atoms with Crippen LogP contribution in [0.25, 0.3) is 5.76 Å². The molecule has 3 aliphatic rings. The summed E-state index contributed by atoms with van der Waals surface area (Å²) < 4.78 is 0. The Morgan fingerprint density at radius 3 is 2.26 bits per heavy atom. The lowest BCUT2D eigenvalue weighted by atomic mass is 9.57. The van der Waals surface area contributed by atoms with Gasteiger partial charge in [0, 0.05) is 36.8 Å². The normalized spacial score (nSPS) is 27.5. The number of phenolic OH excluding ortho intramolecular Hbond substituents is 1. The van der Waals surface area contributed by atoms with Crippen molar-refractivity contribution in [1.82, 2.24) is 4.90 Å². The number of rotatable bonds is 5. The second kappa shape index (κ2) is 9.42. The van der Waals surface area contributed by atoms with Crippen molar-refractivity contribution in [3.05, 3.63) is 39.7 Å². The number of fused-ring (bicyclic) bond motifs is 3. The molecule has 0 radical (unpaired) electrons. The molecule has 0 saturated heterocycles. The number of anilines is 1. The lowest BCUT2D eigenvalue weighted by Crippen LogP contribution is -2.64. The van der Waals surface area contributed by atoms with E-state index in [-0.39, 0.29) is 45.8 Å². The first-order valence-electron chi connectivity index (χ1n) is 13.4. The standard InChI is InChI=1S/C30H42N2O6/c1-15-24(33)23(32(7)8)19-13-17-12-18-20(31(5)6)14-16(10-9-11-29(2,3)4)25(34)22(18)26(35)21(17)28(37)30(19,38)27(15)36/h14,17,19,23,34-36,38H,9-13H2,1-8H3/t17-,19-,23-,30+/m0/s1. The zero-order valence-electron chi connectivity index (χ0n) is 23.8. The molecule has 38 heavy (non-hydrogen) atoms. The molecular weight excluding hydrogens is 484 g/mol. The Morgan fingerprint density at radius 2 is 1.71 bits per heavy atom. The predicted octanol–water partition coefficient (Wildman–Crippen LogP) is 3.93. The van der Waals surface area contributed by atoms with Gasteiger partial charge in [-0.1, -0.05) is 20.8 Å². The van der Waals surface area contributed by atoms with E-state index in [2.05, 4.69) is 20.8 Å². The molecule has 1 fully saturated rings. The molecule has 0 bridgehead atoms. The summed E-state index contributed by atoms with van der Waals surface area (Å²) in [6.07, 6.45) is 2.99. The molecule has 208 valence electrons. The zero-order chi connectivity index (χ0) is 28.5. The van der Waals surface area contributed by atoms with Gasteiger partial charge in [0.1, 0.15) is 17.3 Å². The lowest BCUT2D eigenvalue weighted by molar-refractivity contribution is -0.153. The highest BCUT2D eigenvalue weighted by atomic mass is 16.3. The number of Topliss-reactive ketones (excluding diaryl/α,β-unsaturated/α-hetero) is 2. The summed E-state index contributed by atoms with van der Waals surface area (Å²) in [7, 11) is 7.23. The van der Waals surface area contributed by atoms with Crippen LogP contribution in [0.1, 0.15) is 63.6 Å². The monoisotopic (exact) mass is 526 g/mol. The minimum Gasteiger partial charge on any atom is -0.508 e. The number of carbonyl (C=O) groups is 2. The number of hydrogen-bond acceptors (Lipinski definition) is 8. The molecule has 1 aromatic carbocycles. The molecule has 4 N–H and O–H groups in total. The van der Waals surface area contributed by atoms with Crippen LogP contribution in [0.3, 0.4) is 0 Å². The number of hydrogen-bond donors (Lipinski definition) is 4. The summed E-state index contributed by atoms with van der Waals surface area (Å²) in [5, 5.41) is 45.6. The molecule has 8 nitrogen and oxygen atoms in total. The van der Waals surface area contributed by atoms with Crippen molar-refractivity contribution in [1.29, 1.82) is 0 Å². The first-order valence-corrected chi connectivity index (χ1v) is 13.4. The average Bonchev–Trinajstić information content (AvgIpc) is 2.80. The van der Waals surface area contributed by atoms with Crippen molar-refractivity contribution in [3.8, 4) is 5.75 Å². The summed E-state index contributed by atoms with van der Waals surface area (Å²) in [4.78, 5) is 30.7. The van der Waals surface area contributed by atoms with Gasteiger partial charge in [-0.25, -0.2) is 0 Å². The van der Waals surface area contributed by atoms with E-state index in [1.807, 2.05) is 25.1 Å². The van der Waals surface area contributed by atoms with Crippen molar-refractivity contribution in [2.45, 2.75) is 71.4 Å². The zero-order valence-corrected chi connectivity index (χ0v) is 23.8. The smallest absolute Gasteiger partial charge is 0.202 e. The molecule has 8 heteroatoms. The minimum atomic E-state index is -2.32. The number of likely N-dealkylation sites (N-methyl/N-ethyl adjacent to an activating group) is 1. The highest BCUT2D eigenvalue weighted by Crippen LogP contribution is 2.54. The first-order chi connectivity index (χ1) is 17.5. The topological polar surface area (TPSA) is 122 Å². The maximum atomic E-state index is 14.0. The Labute approximate surface area is 225 Å². The van der Waals surface area contributed by atoms with Gasteiger partial charge in [-0.05, 0) is 81.6 Å². The van der Waals surface area contributed by atoms with Crippen molar-refractivity contribution in [2.75, 3.05) is 33.1 Å². The number of ketones is 2. The Hall–Kier alpha value is -2.84. The number of aromatic hydroxyl groups is 1. The van der Waals surface area contributed by atoms with Crippen molar-refractivity contribution < 1.29 is 30.0 Å². The fraction of sp³-hybridized carbons (Fsp3) is 0.600. The Morgan fingerprint density at radius 1 is 1.08 bits per heavy atom. The number of aliphatic hydroxyl groups excluding tert-OH is 2. The van der Waals surface area contributed by atoms with Crippen LogP contribution in [0.15, 0.2) is 23.0 Å². The van der Waals surface area contributed by atoms with E-state index in [9.17, 15) is 30.0 Å². The maximum Gasteiger partial charge on any atom is 0.202 e. The quantitative estimate of drug-likeness (QED) is 0.455. The number of benzene rings is 1. The molecule has 0 unspecified atom stereocenters. The third-order valence-corrected chi connectivity index (χ3v) is 8.63. The Balaban J connectivity index is 1.88. The lowest BCUT2D eigenvalue weighted by Gasteiger charge is -2.50. The van der Waals surface area contributed by atoms with Gasteiger partial charge in [-0.2, -0.15) is 0 Å². The van der Waals surface area contributed by atoms with E-state index in [0.717, 1.165) is 24.1 Å². The molecule has 1 saturated carbocycles. The molecule has 0 aliphatic heterocycles. The fourth-order valence-electron chi connectivity index (χ4n) is 6.68. The summed E-state index contributed by atoms with van der Waals surface area (Å²) in [6, 6.07) is 1.16. The number of aliphatic hydroxyl groups is 3. The van der Waals surface area contributed by atoms with E-state index in [4.69, 9.17) is 0 Å². The van der Waals surface area contributed by atoms with E-state index in [0.29, 0.717) is 18.4 Å².